The Morgan fingerprint density at radius 1 is 1.11 bits per heavy atom. The highest BCUT2D eigenvalue weighted by Crippen LogP contribution is 2.52. The number of amides is 1. The van der Waals surface area contributed by atoms with Gasteiger partial charge in [-0.2, -0.15) is 0 Å². The van der Waals surface area contributed by atoms with Crippen LogP contribution in [-0.2, 0) is 38.1 Å². The van der Waals surface area contributed by atoms with E-state index in [1.54, 1.807) is 30.3 Å². The molecule has 140 valence electrons. The number of carbonyl (C=O) groups excluding carboxylic acids is 4. The molecule has 0 N–H and O–H groups in total. The summed E-state index contributed by atoms with van der Waals surface area (Å²) in [5.41, 5.74) is -2.20. The van der Waals surface area contributed by atoms with Crippen molar-refractivity contribution in [3.05, 3.63) is 47.0 Å². The van der Waals surface area contributed by atoms with Crippen LogP contribution in [0.25, 0.3) is 0 Å². The van der Waals surface area contributed by atoms with E-state index in [1.807, 2.05) is 0 Å². The lowest BCUT2D eigenvalue weighted by molar-refractivity contribution is -0.198. The molecule has 4 rings (SSSR count). The van der Waals surface area contributed by atoms with Crippen molar-refractivity contribution in [1.29, 1.82) is 0 Å². The monoisotopic (exact) mass is 373 g/mol. The molecule has 0 saturated carbocycles. The number of methoxy groups -OCH3 is 2. The molecule has 3 atom stereocenters. The first-order valence-electron chi connectivity index (χ1n) is 8.11. The summed E-state index contributed by atoms with van der Waals surface area (Å²) in [5, 5.41) is 0. The van der Waals surface area contributed by atoms with Crippen LogP contribution in [0.1, 0.15) is 11.6 Å². The average molecular weight is 373 g/mol. The standard InChI is InChI=1S/C18H15NO8/c1-24-15(21)11-12(16(22)25-2)18-17(23)26-8-10(9-6-4-3-5-7-9)19(18)14(20)13(11)27-18/h3-7,10,13H,8H2,1-2H3/t10-,13+,18+/m1/s1. The number of benzene rings is 1. The third-order valence-corrected chi connectivity index (χ3v) is 4.90. The quantitative estimate of drug-likeness (QED) is 0.532. The van der Waals surface area contributed by atoms with Gasteiger partial charge in [-0.05, 0) is 5.56 Å². The fraction of sp³-hybridized carbons (Fsp3) is 0.333. The van der Waals surface area contributed by atoms with Crippen molar-refractivity contribution >= 4 is 23.8 Å². The van der Waals surface area contributed by atoms with Gasteiger partial charge in [0.25, 0.3) is 11.6 Å². The Kier molecular flexibility index (Phi) is 3.77. The van der Waals surface area contributed by atoms with Crippen molar-refractivity contribution in [1.82, 2.24) is 4.90 Å². The van der Waals surface area contributed by atoms with Crippen LogP contribution in [0, 0.1) is 0 Å². The first-order chi connectivity index (χ1) is 13.0. The van der Waals surface area contributed by atoms with Gasteiger partial charge in [0.1, 0.15) is 12.2 Å². The van der Waals surface area contributed by atoms with E-state index in [0.29, 0.717) is 5.56 Å². The molecule has 1 spiro atoms. The molecule has 9 nitrogen and oxygen atoms in total. The maximum absolute atomic E-state index is 13.0. The van der Waals surface area contributed by atoms with Crippen molar-refractivity contribution < 1.29 is 38.1 Å². The van der Waals surface area contributed by atoms with Crippen LogP contribution >= 0.6 is 0 Å². The average Bonchev–Trinajstić information content (AvgIpc) is 3.20. The van der Waals surface area contributed by atoms with Crippen LogP contribution in [0.4, 0.5) is 0 Å². The summed E-state index contributed by atoms with van der Waals surface area (Å²) < 4.78 is 20.3. The first kappa shape index (κ1) is 17.2. The highest BCUT2D eigenvalue weighted by Gasteiger charge is 2.73. The van der Waals surface area contributed by atoms with Crippen molar-refractivity contribution in [2.24, 2.45) is 0 Å². The second kappa shape index (κ2) is 5.92. The van der Waals surface area contributed by atoms with E-state index in [-0.39, 0.29) is 17.8 Å². The molecule has 0 aliphatic carbocycles. The molecule has 1 amide bonds. The molecular weight excluding hydrogens is 358 g/mol. The van der Waals surface area contributed by atoms with E-state index in [4.69, 9.17) is 14.2 Å². The van der Waals surface area contributed by atoms with Gasteiger partial charge in [0.15, 0.2) is 6.10 Å². The largest absolute Gasteiger partial charge is 0.466 e. The number of ether oxygens (including phenoxy) is 4. The van der Waals surface area contributed by atoms with Gasteiger partial charge in [0.05, 0.1) is 25.8 Å². The number of cyclic esters (lactones) is 1. The number of rotatable bonds is 3. The highest BCUT2D eigenvalue weighted by atomic mass is 16.6. The normalized spacial score (nSPS) is 28.7. The summed E-state index contributed by atoms with van der Waals surface area (Å²) in [5.74, 6) is -3.49. The molecule has 9 heteroatoms. The van der Waals surface area contributed by atoms with Gasteiger partial charge in [-0.25, -0.2) is 14.4 Å². The molecule has 1 aromatic carbocycles. The Hall–Kier alpha value is -3.20. The molecule has 2 bridgehead atoms. The van der Waals surface area contributed by atoms with E-state index in [0.717, 1.165) is 19.1 Å². The number of hydrogen-bond acceptors (Lipinski definition) is 8. The molecular formula is C18H15NO8. The molecule has 3 aliphatic heterocycles. The summed E-state index contributed by atoms with van der Waals surface area (Å²) in [6.45, 7) is -0.103. The number of esters is 3. The summed E-state index contributed by atoms with van der Waals surface area (Å²) >= 11 is 0. The van der Waals surface area contributed by atoms with Gasteiger partial charge in [-0.15, -0.1) is 0 Å². The second-order valence-corrected chi connectivity index (χ2v) is 6.15. The third-order valence-electron chi connectivity index (χ3n) is 4.90. The maximum atomic E-state index is 13.0. The number of hydrogen-bond donors (Lipinski definition) is 0. The Labute approximate surface area is 153 Å². The van der Waals surface area contributed by atoms with Crippen molar-refractivity contribution in [3.63, 3.8) is 0 Å². The highest BCUT2D eigenvalue weighted by molar-refractivity contribution is 6.16. The van der Waals surface area contributed by atoms with Crippen LogP contribution in [-0.4, -0.2) is 61.4 Å². The van der Waals surface area contributed by atoms with Crippen molar-refractivity contribution in [3.8, 4) is 0 Å². The minimum Gasteiger partial charge on any atom is -0.466 e. The third kappa shape index (κ3) is 2.08. The van der Waals surface area contributed by atoms with Crippen molar-refractivity contribution in [2.75, 3.05) is 20.8 Å². The minimum absolute atomic E-state index is 0.103. The number of carbonyl (C=O) groups is 4. The Morgan fingerprint density at radius 2 is 1.78 bits per heavy atom. The number of fused-ring (bicyclic) bond motifs is 1. The van der Waals surface area contributed by atoms with E-state index >= 15 is 0 Å². The van der Waals surface area contributed by atoms with Crippen LogP contribution in [0.5, 0.6) is 0 Å². The minimum atomic E-state index is -2.17. The summed E-state index contributed by atoms with van der Waals surface area (Å²) in [6.07, 6.45) is -1.44. The lowest BCUT2D eigenvalue weighted by Crippen LogP contribution is -2.62. The van der Waals surface area contributed by atoms with E-state index in [9.17, 15) is 19.2 Å². The molecule has 0 unspecified atom stereocenters. The second-order valence-electron chi connectivity index (χ2n) is 6.15. The van der Waals surface area contributed by atoms with Crippen LogP contribution in [0.2, 0.25) is 0 Å². The fourth-order valence-electron chi connectivity index (χ4n) is 3.77. The Balaban J connectivity index is 1.93. The molecule has 27 heavy (non-hydrogen) atoms. The molecule has 0 aromatic heterocycles. The van der Waals surface area contributed by atoms with Crippen molar-refractivity contribution in [2.45, 2.75) is 17.9 Å². The molecule has 1 aromatic rings. The smallest absolute Gasteiger partial charge is 0.365 e. The lowest BCUT2D eigenvalue weighted by atomic mass is 9.87. The van der Waals surface area contributed by atoms with E-state index in [2.05, 4.69) is 4.74 Å². The van der Waals surface area contributed by atoms with E-state index < -0.39 is 41.7 Å². The zero-order valence-electron chi connectivity index (χ0n) is 14.5. The molecule has 3 aliphatic rings. The molecule has 3 heterocycles. The predicted molar refractivity (Wildman–Crippen MR) is 85.7 cm³/mol. The lowest BCUT2D eigenvalue weighted by Gasteiger charge is -2.43. The van der Waals surface area contributed by atoms with E-state index in [1.165, 1.54) is 0 Å². The summed E-state index contributed by atoms with van der Waals surface area (Å²) in [4.78, 5) is 51.6. The molecule has 2 fully saturated rings. The summed E-state index contributed by atoms with van der Waals surface area (Å²) in [6, 6.07) is 8.20. The van der Waals surface area contributed by atoms with Gasteiger partial charge in [-0.1, -0.05) is 30.3 Å². The maximum Gasteiger partial charge on any atom is 0.365 e. The van der Waals surface area contributed by atoms with Gasteiger partial charge in [0, 0.05) is 0 Å². The van der Waals surface area contributed by atoms with Gasteiger partial charge >= 0.3 is 17.9 Å². The first-order valence-corrected chi connectivity index (χ1v) is 8.11. The Morgan fingerprint density at radius 3 is 2.41 bits per heavy atom. The molecule has 0 radical (unpaired) electrons. The number of morpholine rings is 1. The van der Waals surface area contributed by atoms with Gasteiger partial charge < -0.3 is 18.9 Å². The van der Waals surface area contributed by atoms with Gasteiger partial charge in [0.2, 0.25) is 0 Å². The molecule has 2 saturated heterocycles. The zero-order valence-corrected chi connectivity index (χ0v) is 14.5. The topological polar surface area (TPSA) is 108 Å². The summed E-state index contributed by atoms with van der Waals surface area (Å²) in [7, 11) is 2.20. The SMILES string of the molecule is COC(=O)C1=C(C(=O)OC)[C@@]23O[C@@H]1C(=O)N2[C@@H](c1ccccc1)COC3=O. The predicted octanol–water partition coefficient (Wildman–Crippen LogP) is -0.136. The zero-order chi connectivity index (χ0) is 19.3. The van der Waals surface area contributed by atoms with Crippen LogP contribution < -0.4 is 0 Å². The van der Waals surface area contributed by atoms with Crippen LogP contribution in [0.3, 0.4) is 0 Å². The van der Waals surface area contributed by atoms with Crippen LogP contribution in [0.15, 0.2) is 41.5 Å². The Bertz CT molecular complexity index is 892. The fourth-order valence-corrected chi connectivity index (χ4v) is 3.77. The number of nitrogens with zero attached hydrogens (tertiary/aromatic N) is 1. The van der Waals surface area contributed by atoms with Gasteiger partial charge in [-0.3, -0.25) is 9.69 Å².